The number of nitrogens with zero attached hydrogens (tertiary/aromatic N) is 5. The van der Waals surface area contributed by atoms with Gasteiger partial charge >= 0.3 is 0 Å². The minimum atomic E-state index is -0.446. The number of carbonyl (C=O) groups excluding carboxylic acids is 1. The van der Waals surface area contributed by atoms with E-state index in [1.165, 1.54) is 11.0 Å². The van der Waals surface area contributed by atoms with Gasteiger partial charge in [-0.3, -0.25) is 4.79 Å². The fourth-order valence-corrected chi connectivity index (χ4v) is 2.87. The molecule has 1 aromatic heterocycles. The predicted molar refractivity (Wildman–Crippen MR) is 99.8 cm³/mol. The minimum absolute atomic E-state index is 0.127. The third-order valence-electron chi connectivity index (χ3n) is 3.22. The van der Waals surface area contributed by atoms with Gasteiger partial charge in [-0.25, -0.2) is 5.43 Å². The molecule has 0 spiro atoms. The summed E-state index contributed by atoms with van der Waals surface area (Å²) in [5.41, 5.74) is 3.49. The van der Waals surface area contributed by atoms with Gasteiger partial charge in [0.25, 0.3) is 5.91 Å². The maximum absolute atomic E-state index is 11.9. The number of rotatable bonds is 5. The molecule has 0 aliphatic heterocycles. The lowest BCUT2D eigenvalue weighted by atomic mass is 10.2. The Morgan fingerprint density at radius 3 is 2.88 bits per heavy atom. The number of aromatic hydroxyl groups is 1. The lowest BCUT2D eigenvalue weighted by Gasteiger charge is -2.02. The van der Waals surface area contributed by atoms with Gasteiger partial charge in [0, 0.05) is 15.6 Å². The van der Waals surface area contributed by atoms with E-state index in [9.17, 15) is 9.90 Å². The van der Waals surface area contributed by atoms with Gasteiger partial charge < -0.3 is 5.11 Å². The number of tetrazole rings is 1. The fourth-order valence-electron chi connectivity index (χ4n) is 2.03. The molecule has 26 heavy (non-hydrogen) atoms. The molecular weight excluding hydrogens is 424 g/mol. The van der Waals surface area contributed by atoms with Crippen molar-refractivity contribution in [2.24, 2.45) is 5.10 Å². The highest BCUT2D eigenvalue weighted by atomic mass is 79.9. The van der Waals surface area contributed by atoms with Crippen molar-refractivity contribution in [3.05, 3.63) is 57.5 Å². The van der Waals surface area contributed by atoms with Crippen molar-refractivity contribution in [3.63, 3.8) is 0 Å². The van der Waals surface area contributed by atoms with Crippen LogP contribution in [0.25, 0.3) is 11.4 Å². The highest BCUT2D eigenvalue weighted by Gasteiger charge is 2.09. The maximum Gasteiger partial charge on any atom is 0.263 e. The van der Waals surface area contributed by atoms with Crippen LogP contribution in [0.2, 0.25) is 5.02 Å². The topological polar surface area (TPSA) is 105 Å². The Morgan fingerprint density at radius 2 is 2.12 bits per heavy atom. The predicted octanol–water partition coefficient (Wildman–Crippen LogP) is 2.61. The number of benzene rings is 2. The number of nitrogens with one attached hydrogen (secondary N) is 1. The molecule has 0 fully saturated rings. The Hall–Kier alpha value is -2.78. The number of phenols is 1. The van der Waals surface area contributed by atoms with Crippen LogP contribution in [0.15, 0.2) is 52.0 Å². The monoisotopic (exact) mass is 434 g/mol. The lowest BCUT2D eigenvalue weighted by Crippen LogP contribution is -2.24. The van der Waals surface area contributed by atoms with Crippen LogP contribution in [0.1, 0.15) is 5.56 Å². The summed E-state index contributed by atoms with van der Waals surface area (Å²) < 4.78 is 0.674. The number of phenolic OH excluding ortho intramolecular Hbond substituents is 1. The van der Waals surface area contributed by atoms with Gasteiger partial charge in [-0.15, -0.1) is 10.2 Å². The molecule has 1 heterocycles. The van der Waals surface area contributed by atoms with Crippen LogP contribution in [0.3, 0.4) is 0 Å². The SMILES string of the molecule is O=C(Cn1nnc(-c2ccccc2)n1)N/N=C/c1cc(Br)cc(Cl)c1O. The summed E-state index contributed by atoms with van der Waals surface area (Å²) in [5, 5.41) is 25.7. The average molecular weight is 436 g/mol. The number of hydrogen-bond donors (Lipinski definition) is 2. The third-order valence-corrected chi connectivity index (χ3v) is 3.97. The standard InChI is InChI=1S/C16H12BrClN6O2/c17-12-6-11(15(26)13(18)7-12)8-19-20-14(25)9-24-22-16(21-23-24)10-4-2-1-3-5-10/h1-8,26H,9H2,(H,20,25)/b19-8+. The summed E-state index contributed by atoms with van der Waals surface area (Å²) >= 11 is 9.13. The van der Waals surface area contributed by atoms with E-state index in [1.807, 2.05) is 30.3 Å². The van der Waals surface area contributed by atoms with Gasteiger partial charge in [0.2, 0.25) is 5.82 Å². The zero-order chi connectivity index (χ0) is 18.5. The van der Waals surface area contributed by atoms with Crippen LogP contribution < -0.4 is 5.43 Å². The number of halogens is 2. The first-order chi connectivity index (χ1) is 12.5. The van der Waals surface area contributed by atoms with Crippen molar-refractivity contribution in [1.82, 2.24) is 25.6 Å². The second-order valence-corrected chi connectivity index (χ2v) is 6.45. The Balaban J connectivity index is 1.61. The molecule has 0 unspecified atom stereocenters. The van der Waals surface area contributed by atoms with Crippen molar-refractivity contribution in [2.75, 3.05) is 0 Å². The van der Waals surface area contributed by atoms with E-state index < -0.39 is 5.91 Å². The van der Waals surface area contributed by atoms with E-state index >= 15 is 0 Å². The highest BCUT2D eigenvalue weighted by Crippen LogP contribution is 2.30. The van der Waals surface area contributed by atoms with Gasteiger partial charge in [0.1, 0.15) is 12.3 Å². The number of carbonyl (C=O) groups is 1. The normalized spacial score (nSPS) is 11.0. The number of amides is 1. The van der Waals surface area contributed by atoms with Crippen LogP contribution in [0, 0.1) is 0 Å². The van der Waals surface area contributed by atoms with Gasteiger partial charge in [0.15, 0.2) is 0 Å². The molecule has 0 aliphatic rings. The van der Waals surface area contributed by atoms with E-state index in [1.54, 1.807) is 12.1 Å². The van der Waals surface area contributed by atoms with Crippen molar-refractivity contribution in [1.29, 1.82) is 0 Å². The van der Waals surface area contributed by atoms with E-state index in [0.717, 1.165) is 5.56 Å². The van der Waals surface area contributed by atoms with E-state index in [2.05, 4.69) is 41.9 Å². The van der Waals surface area contributed by atoms with Crippen LogP contribution in [-0.4, -0.2) is 37.4 Å². The molecule has 8 nitrogen and oxygen atoms in total. The number of aromatic nitrogens is 4. The van der Waals surface area contributed by atoms with Gasteiger partial charge in [0.05, 0.1) is 11.2 Å². The molecule has 3 rings (SSSR count). The Kier molecular flexibility index (Phi) is 5.59. The van der Waals surface area contributed by atoms with Crippen molar-refractivity contribution >= 4 is 39.7 Å². The largest absolute Gasteiger partial charge is 0.506 e. The Bertz CT molecular complexity index is 961. The molecule has 2 aromatic carbocycles. The summed E-state index contributed by atoms with van der Waals surface area (Å²) in [7, 11) is 0. The van der Waals surface area contributed by atoms with Crippen molar-refractivity contribution < 1.29 is 9.90 Å². The Morgan fingerprint density at radius 1 is 1.35 bits per heavy atom. The molecule has 2 N–H and O–H groups in total. The first-order valence-electron chi connectivity index (χ1n) is 7.36. The van der Waals surface area contributed by atoms with Crippen molar-refractivity contribution in [2.45, 2.75) is 6.54 Å². The molecule has 1 amide bonds. The zero-order valence-corrected chi connectivity index (χ0v) is 15.5. The van der Waals surface area contributed by atoms with E-state index in [4.69, 9.17) is 11.6 Å². The molecule has 0 aliphatic carbocycles. The zero-order valence-electron chi connectivity index (χ0n) is 13.2. The molecule has 10 heteroatoms. The van der Waals surface area contributed by atoms with Gasteiger partial charge in [-0.05, 0) is 17.3 Å². The average Bonchev–Trinajstić information content (AvgIpc) is 3.08. The quantitative estimate of drug-likeness (QED) is 0.473. The first kappa shape index (κ1) is 18.0. The molecule has 0 saturated carbocycles. The molecule has 0 saturated heterocycles. The van der Waals surface area contributed by atoms with Crippen LogP contribution in [0.5, 0.6) is 5.75 Å². The third kappa shape index (κ3) is 4.44. The smallest absolute Gasteiger partial charge is 0.263 e. The fraction of sp³-hybridized carbons (Fsp3) is 0.0625. The molecule has 0 bridgehead atoms. The maximum atomic E-state index is 11.9. The summed E-state index contributed by atoms with van der Waals surface area (Å²) in [6.07, 6.45) is 1.29. The first-order valence-corrected chi connectivity index (χ1v) is 8.53. The van der Waals surface area contributed by atoms with Crippen molar-refractivity contribution in [3.8, 4) is 17.1 Å². The summed E-state index contributed by atoms with van der Waals surface area (Å²) in [4.78, 5) is 13.1. The lowest BCUT2D eigenvalue weighted by molar-refractivity contribution is -0.122. The molecule has 3 aromatic rings. The Labute approximate surface area is 161 Å². The van der Waals surface area contributed by atoms with Crippen LogP contribution >= 0.6 is 27.5 Å². The van der Waals surface area contributed by atoms with Crippen LogP contribution in [0.4, 0.5) is 0 Å². The number of hydrogen-bond acceptors (Lipinski definition) is 6. The minimum Gasteiger partial charge on any atom is -0.506 e. The molecule has 0 atom stereocenters. The van der Waals surface area contributed by atoms with Gasteiger partial charge in [-0.2, -0.15) is 9.90 Å². The second kappa shape index (κ2) is 8.07. The molecule has 132 valence electrons. The summed E-state index contributed by atoms with van der Waals surface area (Å²) in [6.45, 7) is -0.150. The second-order valence-electron chi connectivity index (χ2n) is 5.13. The van der Waals surface area contributed by atoms with E-state index in [0.29, 0.717) is 15.9 Å². The molecule has 0 radical (unpaired) electrons. The summed E-state index contributed by atoms with van der Waals surface area (Å²) in [5.74, 6) is -0.146. The van der Waals surface area contributed by atoms with Gasteiger partial charge in [-0.1, -0.05) is 57.9 Å². The summed E-state index contributed by atoms with van der Waals surface area (Å²) in [6, 6.07) is 12.5. The number of hydrazone groups is 1. The highest BCUT2D eigenvalue weighted by molar-refractivity contribution is 9.10. The van der Waals surface area contributed by atoms with Crippen LogP contribution in [-0.2, 0) is 11.3 Å². The van der Waals surface area contributed by atoms with E-state index in [-0.39, 0.29) is 17.3 Å². The molecular formula is C16H12BrClN6O2.